The third-order valence-electron chi connectivity index (χ3n) is 1.26. The van der Waals surface area contributed by atoms with Gasteiger partial charge in [-0.15, -0.1) is 0 Å². The molecule has 1 aromatic heterocycles. The SMILES string of the molecule is FC(F)(F)COc1cncc(Br)c1.OCC(F)(F)F. The maximum absolute atomic E-state index is 11.7. The number of hydrogen-bond acceptors (Lipinski definition) is 3. The van der Waals surface area contributed by atoms with Crippen molar-refractivity contribution in [1.82, 2.24) is 4.98 Å². The first kappa shape index (κ1) is 18.0. The van der Waals surface area contributed by atoms with Gasteiger partial charge in [-0.3, -0.25) is 4.98 Å². The summed E-state index contributed by atoms with van der Waals surface area (Å²) in [5.41, 5.74) is 0. The van der Waals surface area contributed by atoms with E-state index in [2.05, 4.69) is 25.7 Å². The number of pyridine rings is 1. The Morgan fingerprint density at radius 2 is 1.63 bits per heavy atom. The van der Waals surface area contributed by atoms with Crippen LogP contribution in [0.25, 0.3) is 0 Å². The third-order valence-corrected chi connectivity index (χ3v) is 1.70. The molecule has 0 fully saturated rings. The fraction of sp³-hybridized carbons (Fsp3) is 0.444. The monoisotopic (exact) mass is 355 g/mol. The molecule has 0 amide bonds. The average molecular weight is 356 g/mol. The van der Waals surface area contributed by atoms with Crippen LogP contribution >= 0.6 is 15.9 Å². The summed E-state index contributed by atoms with van der Waals surface area (Å²) < 4.78 is 71.7. The van der Waals surface area contributed by atoms with Crippen LogP contribution in [0.5, 0.6) is 5.75 Å². The Balaban J connectivity index is 0.000000459. The molecular formula is C9H8BrF6NO2. The number of aliphatic hydroxyl groups is 1. The number of hydrogen-bond donors (Lipinski definition) is 1. The molecule has 0 radical (unpaired) electrons. The van der Waals surface area contributed by atoms with E-state index in [1.807, 2.05) is 0 Å². The molecule has 3 nitrogen and oxygen atoms in total. The van der Waals surface area contributed by atoms with Gasteiger partial charge in [-0.05, 0) is 22.0 Å². The molecule has 0 aliphatic rings. The zero-order valence-electron chi connectivity index (χ0n) is 9.09. The molecule has 0 aromatic carbocycles. The summed E-state index contributed by atoms with van der Waals surface area (Å²) in [7, 11) is 0. The van der Waals surface area contributed by atoms with Crippen LogP contribution in [0.15, 0.2) is 22.9 Å². The first-order valence-electron chi connectivity index (χ1n) is 4.51. The van der Waals surface area contributed by atoms with Crippen LogP contribution in [-0.4, -0.2) is 35.7 Å². The van der Waals surface area contributed by atoms with Gasteiger partial charge in [0.15, 0.2) is 6.61 Å². The number of rotatable bonds is 2. The van der Waals surface area contributed by atoms with Crippen molar-refractivity contribution in [3.63, 3.8) is 0 Å². The topological polar surface area (TPSA) is 42.4 Å². The van der Waals surface area contributed by atoms with E-state index in [0.29, 0.717) is 4.47 Å². The number of aliphatic hydroxyl groups excluding tert-OH is 1. The highest BCUT2D eigenvalue weighted by molar-refractivity contribution is 9.10. The van der Waals surface area contributed by atoms with Crippen molar-refractivity contribution in [2.24, 2.45) is 0 Å². The quantitative estimate of drug-likeness (QED) is 0.827. The van der Waals surface area contributed by atoms with Gasteiger partial charge in [0.25, 0.3) is 0 Å². The molecule has 1 rings (SSSR count). The third kappa shape index (κ3) is 11.8. The lowest BCUT2D eigenvalue weighted by Crippen LogP contribution is -2.19. The minimum absolute atomic E-state index is 0.0895. The Hall–Kier alpha value is -1.03. The fourth-order valence-corrected chi connectivity index (χ4v) is 0.980. The Morgan fingerprint density at radius 3 is 2.00 bits per heavy atom. The zero-order valence-corrected chi connectivity index (χ0v) is 10.7. The van der Waals surface area contributed by atoms with Crippen LogP contribution in [0.2, 0.25) is 0 Å². The van der Waals surface area contributed by atoms with Crippen LogP contribution in [-0.2, 0) is 0 Å². The van der Waals surface area contributed by atoms with Gasteiger partial charge in [0.05, 0.1) is 6.20 Å². The molecule has 0 saturated heterocycles. The molecule has 0 saturated carbocycles. The molecule has 19 heavy (non-hydrogen) atoms. The van der Waals surface area contributed by atoms with Crippen LogP contribution in [0.4, 0.5) is 26.3 Å². The van der Waals surface area contributed by atoms with Gasteiger partial charge in [0, 0.05) is 10.7 Å². The van der Waals surface area contributed by atoms with Gasteiger partial charge in [-0.25, -0.2) is 0 Å². The van der Waals surface area contributed by atoms with E-state index in [1.165, 1.54) is 18.5 Å². The van der Waals surface area contributed by atoms with Crippen molar-refractivity contribution in [3.8, 4) is 5.75 Å². The second-order valence-electron chi connectivity index (χ2n) is 3.02. The summed E-state index contributed by atoms with van der Waals surface area (Å²) in [6.07, 6.45) is -6.04. The van der Waals surface area contributed by atoms with Crippen molar-refractivity contribution >= 4 is 15.9 Å². The van der Waals surface area contributed by atoms with E-state index >= 15 is 0 Å². The van der Waals surface area contributed by atoms with Crippen molar-refractivity contribution < 1.29 is 36.2 Å². The van der Waals surface area contributed by atoms with E-state index in [4.69, 9.17) is 5.11 Å². The molecule has 110 valence electrons. The lowest BCUT2D eigenvalue weighted by Gasteiger charge is -2.08. The number of aromatic nitrogens is 1. The first-order chi connectivity index (χ1) is 8.53. The number of nitrogens with zero attached hydrogens (tertiary/aromatic N) is 1. The smallest absolute Gasteiger partial charge is 0.422 e. The largest absolute Gasteiger partial charge is 0.482 e. The van der Waals surface area contributed by atoms with E-state index in [0.717, 1.165) is 0 Å². The Bertz CT molecular complexity index is 382. The van der Waals surface area contributed by atoms with Crippen molar-refractivity contribution in [2.45, 2.75) is 12.4 Å². The summed E-state index contributed by atoms with van der Waals surface area (Å²) in [5, 5.41) is 7.28. The van der Waals surface area contributed by atoms with Crippen molar-refractivity contribution in [2.75, 3.05) is 13.2 Å². The van der Waals surface area contributed by atoms with E-state index in [9.17, 15) is 26.3 Å². The van der Waals surface area contributed by atoms with Gasteiger partial charge in [-0.2, -0.15) is 26.3 Å². The molecule has 0 atom stereocenters. The molecule has 1 aromatic rings. The second-order valence-corrected chi connectivity index (χ2v) is 3.93. The number of halogens is 7. The van der Waals surface area contributed by atoms with Gasteiger partial charge in [0.1, 0.15) is 12.4 Å². The standard InChI is InChI=1S/C7H5BrF3NO.C2H3F3O/c8-5-1-6(3-12-2-5)13-4-7(9,10)11;3-2(4,5)1-6/h1-3H,4H2;6H,1H2. The van der Waals surface area contributed by atoms with Crippen LogP contribution < -0.4 is 4.74 Å². The predicted octanol–water partition coefficient (Wildman–Crippen LogP) is 3.33. The molecule has 10 heteroatoms. The maximum atomic E-state index is 11.7. The normalized spacial score (nSPS) is 11.6. The van der Waals surface area contributed by atoms with Crippen LogP contribution in [0.1, 0.15) is 0 Å². The molecule has 0 aliphatic carbocycles. The maximum Gasteiger partial charge on any atom is 0.422 e. The van der Waals surface area contributed by atoms with Crippen molar-refractivity contribution in [1.29, 1.82) is 0 Å². The molecule has 1 N–H and O–H groups in total. The highest BCUT2D eigenvalue weighted by Gasteiger charge is 2.28. The predicted molar refractivity (Wildman–Crippen MR) is 56.6 cm³/mol. The minimum atomic E-state index is -4.40. The Kier molecular flexibility index (Phi) is 7.12. The van der Waals surface area contributed by atoms with Gasteiger partial charge >= 0.3 is 12.4 Å². The molecule has 0 bridgehead atoms. The van der Waals surface area contributed by atoms with E-state index < -0.39 is 25.6 Å². The van der Waals surface area contributed by atoms with Gasteiger partial charge in [-0.1, -0.05) is 0 Å². The van der Waals surface area contributed by atoms with Crippen LogP contribution in [0.3, 0.4) is 0 Å². The van der Waals surface area contributed by atoms with Crippen LogP contribution in [0, 0.1) is 0 Å². The highest BCUT2D eigenvalue weighted by atomic mass is 79.9. The van der Waals surface area contributed by atoms with E-state index in [1.54, 1.807) is 0 Å². The summed E-state index contributed by atoms with van der Waals surface area (Å²) in [6.45, 7) is -3.03. The zero-order chi connectivity index (χ0) is 15.1. The lowest BCUT2D eigenvalue weighted by molar-refractivity contribution is -0.159. The Morgan fingerprint density at radius 1 is 1.11 bits per heavy atom. The number of ether oxygens (including phenoxy) is 1. The molecular weight excluding hydrogens is 348 g/mol. The van der Waals surface area contributed by atoms with Gasteiger partial charge < -0.3 is 9.84 Å². The first-order valence-corrected chi connectivity index (χ1v) is 5.30. The Labute approximate surface area is 112 Å². The average Bonchev–Trinajstić information content (AvgIpc) is 2.25. The lowest BCUT2D eigenvalue weighted by atomic mass is 10.5. The second kappa shape index (κ2) is 7.53. The molecule has 0 spiro atoms. The summed E-state index contributed by atoms with van der Waals surface area (Å²) in [5.74, 6) is 0.0895. The highest BCUT2D eigenvalue weighted by Crippen LogP contribution is 2.20. The van der Waals surface area contributed by atoms with Crippen molar-refractivity contribution in [3.05, 3.63) is 22.9 Å². The summed E-state index contributed by atoms with van der Waals surface area (Å²) >= 11 is 3.06. The summed E-state index contributed by atoms with van der Waals surface area (Å²) in [6, 6.07) is 1.42. The summed E-state index contributed by atoms with van der Waals surface area (Å²) in [4.78, 5) is 3.65. The van der Waals surface area contributed by atoms with E-state index in [-0.39, 0.29) is 5.75 Å². The fourth-order valence-electron chi connectivity index (χ4n) is 0.636. The molecule has 1 heterocycles. The molecule has 0 aliphatic heterocycles. The minimum Gasteiger partial charge on any atom is -0.482 e. The molecule has 0 unspecified atom stereocenters. The van der Waals surface area contributed by atoms with Gasteiger partial charge in [0.2, 0.25) is 0 Å². The number of alkyl halides is 6.